The van der Waals surface area contributed by atoms with Crippen LogP contribution in [0.1, 0.15) is 5.56 Å². The van der Waals surface area contributed by atoms with Crippen molar-refractivity contribution in [3.05, 3.63) is 48.0 Å². The summed E-state index contributed by atoms with van der Waals surface area (Å²) < 4.78 is 37.9. The molecule has 0 amide bonds. The van der Waals surface area contributed by atoms with Gasteiger partial charge in [-0.15, -0.1) is 0 Å². The van der Waals surface area contributed by atoms with E-state index in [9.17, 15) is 8.78 Å². The van der Waals surface area contributed by atoms with Gasteiger partial charge in [0.05, 0.1) is 0 Å². The standard InChI is InChI=1S/C14H11F2N3OSe/c15-14(16)20-12-7-2-1-4-9(12)8-17-10-5-3-6-11-13(10)19-21-18-11/h1-7,14,17H,8H2. The minimum atomic E-state index is -2.83. The van der Waals surface area contributed by atoms with Gasteiger partial charge in [0, 0.05) is 0 Å². The topological polar surface area (TPSA) is 47.0 Å². The van der Waals surface area contributed by atoms with E-state index in [4.69, 9.17) is 0 Å². The zero-order chi connectivity index (χ0) is 14.7. The molecule has 0 spiro atoms. The Hall–Kier alpha value is -1.98. The summed E-state index contributed by atoms with van der Waals surface area (Å²) in [5.74, 6) is 0.179. The third kappa shape index (κ3) is 3.20. The summed E-state index contributed by atoms with van der Waals surface area (Å²) in [6.07, 6.45) is 0. The molecule has 0 saturated heterocycles. The van der Waals surface area contributed by atoms with Gasteiger partial charge in [-0.1, -0.05) is 0 Å². The molecule has 3 aromatic rings. The molecular weight excluding hydrogens is 343 g/mol. The number of para-hydroxylation sites is 1. The number of nitrogens with one attached hydrogen (secondary N) is 1. The third-order valence-electron chi connectivity index (χ3n) is 2.94. The molecule has 7 heteroatoms. The molecule has 108 valence electrons. The van der Waals surface area contributed by atoms with Gasteiger partial charge in [0.25, 0.3) is 0 Å². The van der Waals surface area contributed by atoms with Gasteiger partial charge < -0.3 is 0 Å². The summed E-state index contributed by atoms with van der Waals surface area (Å²) in [6, 6.07) is 12.4. The van der Waals surface area contributed by atoms with Crippen molar-refractivity contribution >= 4 is 31.7 Å². The minimum absolute atomic E-state index is 0.100. The first-order chi connectivity index (χ1) is 10.2. The Morgan fingerprint density at radius 2 is 1.95 bits per heavy atom. The molecule has 1 aromatic heterocycles. The van der Waals surface area contributed by atoms with Crippen LogP contribution < -0.4 is 10.1 Å². The van der Waals surface area contributed by atoms with Crippen LogP contribution in [0.2, 0.25) is 0 Å². The predicted octanol–water partition coefficient (Wildman–Crippen LogP) is 2.90. The van der Waals surface area contributed by atoms with Gasteiger partial charge in [-0.2, -0.15) is 0 Å². The molecule has 1 N–H and O–H groups in total. The second-order valence-corrected chi connectivity index (χ2v) is 5.39. The maximum absolute atomic E-state index is 12.4. The van der Waals surface area contributed by atoms with Crippen molar-refractivity contribution in [2.24, 2.45) is 0 Å². The fourth-order valence-electron chi connectivity index (χ4n) is 2.00. The van der Waals surface area contributed by atoms with E-state index in [0.29, 0.717) is 12.1 Å². The summed E-state index contributed by atoms with van der Waals surface area (Å²) in [7, 11) is 0. The summed E-state index contributed by atoms with van der Waals surface area (Å²) in [6.45, 7) is -2.45. The van der Waals surface area contributed by atoms with E-state index < -0.39 is 6.61 Å². The first kappa shape index (κ1) is 14.0. The average molecular weight is 354 g/mol. The Balaban J connectivity index is 1.80. The molecule has 1 heterocycles. The second-order valence-electron chi connectivity index (χ2n) is 4.28. The molecule has 2 aromatic carbocycles. The number of anilines is 1. The van der Waals surface area contributed by atoms with Crippen LogP contribution in [0, 0.1) is 0 Å². The monoisotopic (exact) mass is 355 g/mol. The first-order valence-corrected chi connectivity index (χ1v) is 7.75. The number of rotatable bonds is 5. The fourth-order valence-corrected chi connectivity index (χ4v) is 3.15. The third-order valence-corrected chi connectivity index (χ3v) is 4.08. The number of fused-ring (bicyclic) bond motifs is 1. The first-order valence-electron chi connectivity index (χ1n) is 6.22. The van der Waals surface area contributed by atoms with E-state index in [1.165, 1.54) is 6.07 Å². The molecule has 0 unspecified atom stereocenters. The zero-order valence-corrected chi connectivity index (χ0v) is 12.5. The van der Waals surface area contributed by atoms with E-state index in [1.54, 1.807) is 18.2 Å². The normalized spacial score (nSPS) is 11.0. The number of alkyl halides is 2. The van der Waals surface area contributed by atoms with Gasteiger partial charge in [-0.05, 0) is 0 Å². The molecule has 0 bridgehead atoms. The molecule has 0 saturated carbocycles. The molecule has 21 heavy (non-hydrogen) atoms. The Morgan fingerprint density at radius 3 is 2.81 bits per heavy atom. The molecule has 4 nitrogen and oxygen atoms in total. The number of ether oxygens (including phenoxy) is 1. The van der Waals surface area contributed by atoms with Gasteiger partial charge >= 0.3 is 125 Å². The molecule has 0 aliphatic heterocycles. The Bertz CT molecular complexity index is 748. The van der Waals surface area contributed by atoms with Crippen LogP contribution in [0.15, 0.2) is 42.5 Å². The number of hydrogen-bond acceptors (Lipinski definition) is 4. The van der Waals surface area contributed by atoms with E-state index in [-0.39, 0.29) is 20.7 Å². The molecule has 0 radical (unpaired) electrons. The Labute approximate surface area is 126 Å². The molecular formula is C14H11F2N3OSe. The van der Waals surface area contributed by atoms with Crippen LogP contribution in [0.4, 0.5) is 14.5 Å². The summed E-state index contributed by atoms with van der Waals surface area (Å²) in [5.41, 5.74) is 3.22. The van der Waals surface area contributed by atoms with Crippen LogP contribution in [0.5, 0.6) is 5.75 Å². The van der Waals surface area contributed by atoms with Crippen molar-refractivity contribution in [1.29, 1.82) is 0 Å². The van der Waals surface area contributed by atoms with E-state index in [0.717, 1.165) is 16.7 Å². The van der Waals surface area contributed by atoms with E-state index in [2.05, 4.69) is 18.0 Å². The van der Waals surface area contributed by atoms with Crippen LogP contribution in [-0.2, 0) is 6.54 Å². The Morgan fingerprint density at radius 1 is 1.10 bits per heavy atom. The van der Waals surface area contributed by atoms with Crippen LogP contribution in [-0.4, -0.2) is 29.5 Å². The number of halogens is 2. The van der Waals surface area contributed by atoms with Gasteiger partial charge in [-0.3, -0.25) is 0 Å². The van der Waals surface area contributed by atoms with Crippen LogP contribution in [0.3, 0.4) is 0 Å². The fraction of sp³-hybridized carbons (Fsp3) is 0.143. The van der Waals surface area contributed by atoms with Crippen molar-refractivity contribution in [2.75, 3.05) is 5.32 Å². The quantitative estimate of drug-likeness (QED) is 0.716. The number of benzene rings is 2. The van der Waals surface area contributed by atoms with Crippen molar-refractivity contribution in [1.82, 2.24) is 7.96 Å². The van der Waals surface area contributed by atoms with Crippen molar-refractivity contribution in [2.45, 2.75) is 13.2 Å². The maximum atomic E-state index is 12.4. The summed E-state index contributed by atoms with van der Waals surface area (Å²) in [5, 5.41) is 3.21. The van der Waals surface area contributed by atoms with Gasteiger partial charge in [0.1, 0.15) is 0 Å². The Kier molecular flexibility index (Phi) is 4.13. The molecule has 3 rings (SSSR count). The van der Waals surface area contributed by atoms with E-state index >= 15 is 0 Å². The van der Waals surface area contributed by atoms with Gasteiger partial charge in [-0.25, -0.2) is 0 Å². The van der Waals surface area contributed by atoms with Crippen molar-refractivity contribution in [3.63, 3.8) is 0 Å². The van der Waals surface area contributed by atoms with Crippen LogP contribution >= 0.6 is 0 Å². The average Bonchev–Trinajstić information content (AvgIpc) is 2.95. The van der Waals surface area contributed by atoms with Gasteiger partial charge in [0.15, 0.2) is 0 Å². The van der Waals surface area contributed by atoms with Crippen molar-refractivity contribution in [3.8, 4) is 5.75 Å². The second kappa shape index (κ2) is 6.20. The summed E-state index contributed by atoms with van der Waals surface area (Å²) >= 11 is -0.100. The molecule has 0 aliphatic rings. The van der Waals surface area contributed by atoms with E-state index in [1.807, 2.05) is 18.2 Å². The number of nitrogens with zero attached hydrogens (tertiary/aromatic N) is 2. The molecule has 0 aliphatic carbocycles. The molecule has 0 fully saturated rings. The number of hydrogen-bond donors (Lipinski definition) is 1. The molecule has 0 atom stereocenters. The van der Waals surface area contributed by atoms with Gasteiger partial charge in [0.2, 0.25) is 0 Å². The predicted molar refractivity (Wildman–Crippen MR) is 76.9 cm³/mol. The number of aromatic nitrogens is 2. The SMILES string of the molecule is FC(F)Oc1ccccc1CNc1cccc2n[se]nc12. The zero-order valence-electron chi connectivity index (χ0n) is 10.8. The van der Waals surface area contributed by atoms with Crippen molar-refractivity contribution < 1.29 is 13.5 Å². The van der Waals surface area contributed by atoms with Crippen LogP contribution in [0.25, 0.3) is 11.0 Å². The summed E-state index contributed by atoms with van der Waals surface area (Å²) in [4.78, 5) is 0.